The Balaban J connectivity index is 0.000000130. The summed E-state index contributed by atoms with van der Waals surface area (Å²) in [4.78, 5) is 17.3. The molecule has 2 heterocycles. The maximum Gasteiger partial charge on any atom is 0.293 e. The van der Waals surface area contributed by atoms with Gasteiger partial charge < -0.3 is 4.74 Å². The summed E-state index contributed by atoms with van der Waals surface area (Å²) < 4.78 is 4.55. The van der Waals surface area contributed by atoms with E-state index in [2.05, 4.69) is 14.7 Å². The Labute approximate surface area is 77.0 Å². The molecule has 0 aromatic carbocycles. The van der Waals surface area contributed by atoms with Gasteiger partial charge in [0, 0.05) is 0 Å². The molecule has 0 N–H and O–H groups in total. The van der Waals surface area contributed by atoms with Gasteiger partial charge in [0.1, 0.15) is 17.0 Å². The Bertz CT molecular complexity index is 287. The fourth-order valence-corrected chi connectivity index (χ4v) is 0.615. The summed E-state index contributed by atoms with van der Waals surface area (Å²) in [5, 5.41) is 0. The van der Waals surface area contributed by atoms with Crippen LogP contribution in [0.25, 0.3) is 11.4 Å². The second kappa shape index (κ2) is 3.51. The second-order valence-corrected chi connectivity index (χ2v) is 3.62. The van der Waals surface area contributed by atoms with Gasteiger partial charge in [-0.15, -0.1) is 0 Å². The first kappa shape index (κ1) is 9.64. The Hall–Kier alpha value is -1.45. The van der Waals surface area contributed by atoms with Crippen LogP contribution in [-0.2, 0) is 9.53 Å². The lowest BCUT2D eigenvalue weighted by atomic mass is 10.2. The molecule has 0 bridgehead atoms. The van der Waals surface area contributed by atoms with Crippen molar-refractivity contribution in [3.8, 4) is 11.4 Å². The van der Waals surface area contributed by atoms with Crippen LogP contribution in [0.1, 0.15) is 20.8 Å². The largest absolute Gasteiger partial charge is 0.462 e. The van der Waals surface area contributed by atoms with Crippen LogP contribution in [0.4, 0.5) is 0 Å². The lowest BCUT2D eigenvalue weighted by Gasteiger charge is -2.14. The van der Waals surface area contributed by atoms with E-state index in [1.807, 2.05) is 20.8 Å². The molecular formula is C9H12N2O2. The first-order chi connectivity index (χ1) is 6.03. The standard InChI is InChI=1S/C5H10O2.C4H2N2/c1-5(2,3)7-4-6;1-3-4(6-3)2-5-1/h4H,1-3H3;1-2H. The van der Waals surface area contributed by atoms with E-state index in [4.69, 9.17) is 0 Å². The molecule has 4 heteroatoms. The predicted octanol–water partition coefficient (Wildman–Crippen LogP) is 1.41. The maximum absolute atomic E-state index is 9.60. The van der Waals surface area contributed by atoms with Crippen molar-refractivity contribution in [1.82, 2.24) is 9.97 Å². The van der Waals surface area contributed by atoms with Gasteiger partial charge in [-0.2, -0.15) is 0 Å². The number of ether oxygens (including phenoxy) is 1. The molecule has 4 nitrogen and oxygen atoms in total. The van der Waals surface area contributed by atoms with Crippen molar-refractivity contribution in [1.29, 1.82) is 0 Å². The summed E-state index contributed by atoms with van der Waals surface area (Å²) in [5.41, 5.74) is 1.81. The Morgan fingerprint density at radius 2 is 1.85 bits per heavy atom. The van der Waals surface area contributed by atoms with Crippen molar-refractivity contribution in [2.45, 2.75) is 26.4 Å². The van der Waals surface area contributed by atoms with E-state index in [1.54, 1.807) is 12.4 Å². The molecule has 0 saturated heterocycles. The van der Waals surface area contributed by atoms with E-state index in [9.17, 15) is 4.79 Å². The highest BCUT2D eigenvalue weighted by molar-refractivity contribution is 5.64. The highest BCUT2D eigenvalue weighted by Crippen LogP contribution is 2.23. The van der Waals surface area contributed by atoms with Gasteiger partial charge in [0.2, 0.25) is 0 Å². The summed E-state index contributed by atoms with van der Waals surface area (Å²) in [6.07, 6.45) is 3.52. The van der Waals surface area contributed by atoms with E-state index in [0.29, 0.717) is 6.47 Å². The number of fused-ring (bicyclic) bond motifs is 1. The molecule has 0 spiro atoms. The van der Waals surface area contributed by atoms with Gasteiger partial charge in [0.25, 0.3) is 6.47 Å². The topological polar surface area (TPSA) is 52.1 Å². The quantitative estimate of drug-likeness (QED) is 0.623. The zero-order valence-electron chi connectivity index (χ0n) is 7.94. The van der Waals surface area contributed by atoms with Gasteiger partial charge in [-0.25, -0.2) is 4.98 Å². The molecule has 0 amide bonds. The minimum atomic E-state index is -0.318. The van der Waals surface area contributed by atoms with Crippen molar-refractivity contribution in [2.75, 3.05) is 0 Å². The van der Waals surface area contributed by atoms with Crippen molar-refractivity contribution in [3.05, 3.63) is 12.4 Å². The molecule has 0 saturated carbocycles. The molecule has 0 fully saturated rings. The molecule has 2 rings (SSSR count). The van der Waals surface area contributed by atoms with E-state index < -0.39 is 0 Å². The number of hydrogen-bond donors (Lipinski definition) is 0. The van der Waals surface area contributed by atoms with Gasteiger partial charge in [-0.1, -0.05) is 0 Å². The predicted molar refractivity (Wildman–Crippen MR) is 47.9 cm³/mol. The van der Waals surface area contributed by atoms with Crippen LogP contribution >= 0.6 is 0 Å². The Morgan fingerprint density at radius 1 is 1.31 bits per heavy atom. The molecule has 70 valence electrons. The van der Waals surface area contributed by atoms with Crippen molar-refractivity contribution in [2.24, 2.45) is 0 Å². The van der Waals surface area contributed by atoms with E-state index in [-0.39, 0.29) is 5.60 Å². The van der Waals surface area contributed by atoms with Crippen LogP contribution in [0.15, 0.2) is 12.4 Å². The molecule has 0 atom stereocenters. The van der Waals surface area contributed by atoms with Crippen LogP contribution in [0.5, 0.6) is 0 Å². The number of rotatable bonds is 1. The molecule has 2 aliphatic heterocycles. The van der Waals surface area contributed by atoms with Crippen molar-refractivity contribution >= 4 is 6.47 Å². The minimum absolute atomic E-state index is 0.318. The SMILES string of the molecule is CC(C)(C)OC=O.c1ncc2nc1-2. The van der Waals surface area contributed by atoms with Crippen LogP contribution in [0.2, 0.25) is 0 Å². The molecular weight excluding hydrogens is 168 g/mol. The minimum Gasteiger partial charge on any atom is -0.462 e. The van der Waals surface area contributed by atoms with Crippen LogP contribution in [0.3, 0.4) is 0 Å². The molecule has 0 aromatic heterocycles. The average molecular weight is 180 g/mol. The first-order valence-corrected chi connectivity index (χ1v) is 3.97. The third kappa shape index (κ3) is 3.64. The summed E-state index contributed by atoms with van der Waals surface area (Å²) in [5.74, 6) is 0. The molecule has 0 unspecified atom stereocenters. The molecule has 0 aliphatic carbocycles. The highest BCUT2D eigenvalue weighted by atomic mass is 16.5. The number of carbonyl (C=O) groups is 1. The van der Waals surface area contributed by atoms with E-state index in [0.717, 1.165) is 11.4 Å². The van der Waals surface area contributed by atoms with Crippen LogP contribution < -0.4 is 0 Å². The monoisotopic (exact) mass is 180 g/mol. The molecule has 0 aromatic rings. The third-order valence-electron chi connectivity index (χ3n) is 1.25. The maximum atomic E-state index is 9.60. The molecule has 13 heavy (non-hydrogen) atoms. The lowest BCUT2D eigenvalue weighted by molar-refractivity contribution is -0.138. The van der Waals surface area contributed by atoms with Crippen molar-refractivity contribution < 1.29 is 9.53 Å². The average Bonchev–Trinajstić information content (AvgIpc) is 2.58. The van der Waals surface area contributed by atoms with Gasteiger partial charge >= 0.3 is 0 Å². The summed E-state index contributed by atoms with van der Waals surface area (Å²) >= 11 is 0. The smallest absolute Gasteiger partial charge is 0.293 e. The van der Waals surface area contributed by atoms with Crippen LogP contribution in [-0.4, -0.2) is 22.0 Å². The normalized spacial score (nSPS) is 11.0. The molecule has 0 radical (unpaired) electrons. The Kier molecular flexibility index (Phi) is 2.60. The third-order valence-corrected chi connectivity index (χ3v) is 1.25. The number of carbonyl (C=O) groups excluding carboxylic acids is 1. The zero-order valence-corrected chi connectivity index (χ0v) is 7.94. The van der Waals surface area contributed by atoms with Gasteiger partial charge in [0.15, 0.2) is 0 Å². The number of aromatic nitrogens is 2. The fourth-order valence-electron chi connectivity index (χ4n) is 0.615. The number of hydrogen-bond acceptors (Lipinski definition) is 4. The van der Waals surface area contributed by atoms with Gasteiger partial charge in [-0.05, 0) is 20.8 Å². The first-order valence-electron chi connectivity index (χ1n) is 3.97. The van der Waals surface area contributed by atoms with E-state index in [1.165, 1.54) is 0 Å². The summed E-state index contributed by atoms with van der Waals surface area (Å²) in [7, 11) is 0. The molecule has 2 aliphatic rings. The summed E-state index contributed by atoms with van der Waals surface area (Å²) in [6.45, 7) is 5.92. The zero-order chi connectivity index (χ0) is 9.90. The lowest BCUT2D eigenvalue weighted by Crippen LogP contribution is -2.17. The number of nitrogens with zero attached hydrogens (tertiary/aromatic N) is 2. The van der Waals surface area contributed by atoms with Gasteiger partial charge in [-0.3, -0.25) is 9.78 Å². The van der Waals surface area contributed by atoms with Crippen molar-refractivity contribution in [3.63, 3.8) is 0 Å². The highest BCUT2D eigenvalue weighted by Gasteiger charge is 2.12. The second-order valence-electron chi connectivity index (χ2n) is 3.62. The fraction of sp³-hybridized carbons (Fsp3) is 0.444. The Morgan fingerprint density at radius 3 is 1.92 bits per heavy atom. The van der Waals surface area contributed by atoms with Gasteiger partial charge in [0.05, 0.1) is 12.4 Å². The van der Waals surface area contributed by atoms with E-state index >= 15 is 0 Å². The summed E-state index contributed by atoms with van der Waals surface area (Å²) in [6, 6.07) is 0. The van der Waals surface area contributed by atoms with Crippen LogP contribution in [0, 0.1) is 0 Å².